The second-order valence-electron chi connectivity index (χ2n) is 8.34. The average molecular weight is 442 g/mol. The van der Waals surface area contributed by atoms with Crippen LogP contribution >= 0.6 is 0 Å². The van der Waals surface area contributed by atoms with E-state index in [9.17, 15) is 14.7 Å². The predicted octanol–water partition coefficient (Wildman–Crippen LogP) is 3.44. The van der Waals surface area contributed by atoms with E-state index in [1.165, 1.54) is 0 Å². The number of benzene rings is 2. The third-order valence-electron chi connectivity index (χ3n) is 5.94. The molecule has 0 unspecified atom stereocenters. The Hall–Kier alpha value is -3.06. The Labute approximate surface area is 188 Å². The molecule has 7 nitrogen and oxygen atoms in total. The summed E-state index contributed by atoms with van der Waals surface area (Å²) in [6.45, 7) is 2.42. The Morgan fingerprint density at radius 1 is 1.03 bits per heavy atom. The fraction of sp³-hybridized carbons (Fsp3) is 0.440. The third-order valence-corrected chi connectivity index (χ3v) is 5.94. The van der Waals surface area contributed by atoms with Gasteiger partial charge in [0.05, 0.1) is 13.2 Å². The molecule has 1 aliphatic carbocycles. The van der Waals surface area contributed by atoms with Crippen molar-refractivity contribution in [2.45, 2.75) is 44.6 Å². The number of ether oxygens (including phenoxy) is 2. The molecule has 32 heavy (non-hydrogen) atoms. The number of carbonyl (C=O) groups is 2. The number of amides is 1. The van der Waals surface area contributed by atoms with Gasteiger partial charge in [0.1, 0.15) is 12.1 Å². The van der Waals surface area contributed by atoms with Crippen molar-refractivity contribution in [2.24, 2.45) is 5.92 Å². The van der Waals surface area contributed by atoms with Crippen molar-refractivity contribution >= 4 is 11.9 Å². The highest BCUT2D eigenvalue weighted by atomic mass is 16.5. The lowest BCUT2D eigenvalue weighted by Crippen LogP contribution is -2.56. The van der Waals surface area contributed by atoms with E-state index in [0.29, 0.717) is 48.8 Å². The second-order valence-corrected chi connectivity index (χ2v) is 8.34. The SMILES string of the molecule is CC1CCC(NC(=O)c2ccc(OCCO)c(OCCc3ccccc3)c2)(C(=O)O)CC1. The fourth-order valence-electron chi connectivity index (χ4n) is 3.90. The van der Waals surface area contributed by atoms with Crippen LogP contribution in [0.2, 0.25) is 0 Å². The van der Waals surface area contributed by atoms with Gasteiger partial charge >= 0.3 is 5.97 Å². The van der Waals surface area contributed by atoms with Crippen LogP contribution in [0.15, 0.2) is 48.5 Å². The van der Waals surface area contributed by atoms with E-state index in [1.807, 2.05) is 30.3 Å². The number of hydrogen-bond acceptors (Lipinski definition) is 5. The van der Waals surface area contributed by atoms with E-state index in [0.717, 1.165) is 18.4 Å². The first-order chi connectivity index (χ1) is 15.4. The number of nitrogens with one attached hydrogen (secondary N) is 1. The molecular weight excluding hydrogens is 410 g/mol. The predicted molar refractivity (Wildman–Crippen MR) is 120 cm³/mol. The van der Waals surface area contributed by atoms with Crippen molar-refractivity contribution in [1.82, 2.24) is 5.32 Å². The molecule has 0 radical (unpaired) electrons. The number of carboxylic acids is 1. The van der Waals surface area contributed by atoms with Crippen LogP contribution in [0, 0.1) is 5.92 Å². The molecule has 3 rings (SSSR count). The zero-order valence-electron chi connectivity index (χ0n) is 18.4. The smallest absolute Gasteiger partial charge is 0.329 e. The minimum Gasteiger partial charge on any atom is -0.489 e. The molecule has 0 heterocycles. The van der Waals surface area contributed by atoms with E-state index in [-0.39, 0.29) is 13.2 Å². The summed E-state index contributed by atoms with van der Waals surface area (Å²) in [5.74, 6) is -0.206. The summed E-state index contributed by atoms with van der Waals surface area (Å²) in [6.07, 6.45) is 3.01. The average Bonchev–Trinajstić information content (AvgIpc) is 2.80. The molecule has 2 aromatic rings. The van der Waals surface area contributed by atoms with Crippen LogP contribution in [0.5, 0.6) is 11.5 Å². The summed E-state index contributed by atoms with van der Waals surface area (Å²) in [5.41, 5.74) is 0.175. The number of hydrogen-bond donors (Lipinski definition) is 3. The lowest BCUT2D eigenvalue weighted by Gasteiger charge is -2.36. The third kappa shape index (κ3) is 6.01. The summed E-state index contributed by atoms with van der Waals surface area (Å²) in [4.78, 5) is 24.9. The van der Waals surface area contributed by atoms with Crippen molar-refractivity contribution in [3.05, 3.63) is 59.7 Å². The second kappa shape index (κ2) is 11.0. The van der Waals surface area contributed by atoms with Gasteiger partial charge in [-0.3, -0.25) is 4.79 Å². The standard InChI is InChI=1S/C25H31NO6/c1-18-9-12-25(13-10-18,24(29)30)26-23(28)20-7-8-21(32-16-14-27)22(17-20)31-15-11-19-5-3-2-4-6-19/h2-8,17-18,27H,9-16H2,1H3,(H,26,28)(H,29,30). The maximum Gasteiger partial charge on any atom is 0.329 e. The Morgan fingerprint density at radius 2 is 1.72 bits per heavy atom. The molecule has 1 aliphatic rings. The molecule has 0 aromatic heterocycles. The number of carboxylic acid groups (broad SMARTS) is 1. The molecule has 0 bridgehead atoms. The van der Waals surface area contributed by atoms with E-state index in [4.69, 9.17) is 14.6 Å². The van der Waals surface area contributed by atoms with Crippen LogP contribution in [0.3, 0.4) is 0 Å². The lowest BCUT2D eigenvalue weighted by atomic mass is 9.77. The van der Waals surface area contributed by atoms with Gasteiger partial charge in [0, 0.05) is 12.0 Å². The molecule has 1 saturated carbocycles. The molecule has 0 saturated heterocycles. The summed E-state index contributed by atoms with van der Waals surface area (Å²) < 4.78 is 11.4. The van der Waals surface area contributed by atoms with Gasteiger partial charge in [0.15, 0.2) is 11.5 Å². The summed E-state index contributed by atoms with van der Waals surface area (Å²) in [5, 5.41) is 21.7. The Balaban J connectivity index is 1.74. The Morgan fingerprint density at radius 3 is 2.38 bits per heavy atom. The highest BCUT2D eigenvalue weighted by Crippen LogP contribution is 2.33. The minimum atomic E-state index is -1.25. The molecule has 7 heteroatoms. The molecule has 172 valence electrons. The normalized spacial score (nSPS) is 20.4. The molecular formula is C25H31NO6. The number of aliphatic hydroxyl groups excluding tert-OH is 1. The summed E-state index contributed by atoms with van der Waals surface area (Å²) in [6, 6.07) is 14.6. The quantitative estimate of drug-likeness (QED) is 0.522. The van der Waals surface area contributed by atoms with Gasteiger partial charge in [-0.15, -0.1) is 0 Å². The van der Waals surface area contributed by atoms with E-state index in [2.05, 4.69) is 12.2 Å². The van der Waals surface area contributed by atoms with Crippen molar-refractivity contribution in [1.29, 1.82) is 0 Å². The molecule has 1 fully saturated rings. The van der Waals surface area contributed by atoms with E-state index in [1.54, 1.807) is 18.2 Å². The monoisotopic (exact) mass is 441 g/mol. The Kier molecular flexibility index (Phi) is 8.11. The van der Waals surface area contributed by atoms with Crippen LogP contribution < -0.4 is 14.8 Å². The van der Waals surface area contributed by atoms with Gasteiger partial charge < -0.3 is 25.0 Å². The summed E-state index contributed by atoms with van der Waals surface area (Å²) in [7, 11) is 0. The molecule has 2 aromatic carbocycles. The lowest BCUT2D eigenvalue weighted by molar-refractivity contribution is -0.146. The van der Waals surface area contributed by atoms with E-state index < -0.39 is 17.4 Å². The minimum absolute atomic E-state index is 0.0981. The van der Waals surface area contributed by atoms with Gasteiger partial charge in [-0.05, 0) is 55.4 Å². The van der Waals surface area contributed by atoms with Gasteiger partial charge in [-0.25, -0.2) is 4.79 Å². The molecule has 0 spiro atoms. The first-order valence-corrected chi connectivity index (χ1v) is 11.0. The van der Waals surface area contributed by atoms with Crippen molar-refractivity contribution < 1.29 is 29.3 Å². The number of aliphatic hydroxyl groups is 1. The number of aliphatic carboxylic acids is 1. The molecule has 3 N–H and O–H groups in total. The largest absolute Gasteiger partial charge is 0.489 e. The van der Waals surface area contributed by atoms with Crippen molar-refractivity contribution in [2.75, 3.05) is 19.8 Å². The van der Waals surface area contributed by atoms with Crippen LogP contribution in [0.4, 0.5) is 0 Å². The molecule has 0 atom stereocenters. The zero-order chi connectivity index (χ0) is 23.0. The van der Waals surface area contributed by atoms with Crippen molar-refractivity contribution in [3.8, 4) is 11.5 Å². The maximum atomic E-state index is 13.0. The van der Waals surface area contributed by atoms with Gasteiger partial charge in [-0.2, -0.15) is 0 Å². The van der Waals surface area contributed by atoms with Crippen LogP contribution in [-0.4, -0.2) is 47.4 Å². The first kappa shape index (κ1) is 23.6. The topological polar surface area (TPSA) is 105 Å². The number of carbonyl (C=O) groups excluding carboxylic acids is 1. The first-order valence-electron chi connectivity index (χ1n) is 11.0. The van der Waals surface area contributed by atoms with E-state index >= 15 is 0 Å². The highest BCUT2D eigenvalue weighted by Gasteiger charge is 2.42. The zero-order valence-corrected chi connectivity index (χ0v) is 18.4. The highest BCUT2D eigenvalue weighted by molar-refractivity contribution is 5.98. The van der Waals surface area contributed by atoms with Crippen LogP contribution in [0.25, 0.3) is 0 Å². The molecule has 1 amide bonds. The molecule has 0 aliphatic heterocycles. The van der Waals surface area contributed by atoms with Crippen LogP contribution in [0.1, 0.15) is 48.5 Å². The van der Waals surface area contributed by atoms with Crippen LogP contribution in [-0.2, 0) is 11.2 Å². The maximum absolute atomic E-state index is 13.0. The van der Waals surface area contributed by atoms with Gasteiger partial charge in [0.2, 0.25) is 0 Å². The van der Waals surface area contributed by atoms with Gasteiger partial charge in [-0.1, -0.05) is 37.3 Å². The fourth-order valence-corrected chi connectivity index (χ4v) is 3.90. The summed E-state index contributed by atoms with van der Waals surface area (Å²) >= 11 is 0. The Bertz CT molecular complexity index is 906. The van der Waals surface area contributed by atoms with Crippen molar-refractivity contribution in [3.63, 3.8) is 0 Å². The van der Waals surface area contributed by atoms with Gasteiger partial charge in [0.25, 0.3) is 5.91 Å². The number of rotatable bonds is 10.